The lowest BCUT2D eigenvalue weighted by molar-refractivity contribution is 0.102. The van der Waals surface area contributed by atoms with Gasteiger partial charge in [0.25, 0.3) is 5.91 Å². The fourth-order valence-corrected chi connectivity index (χ4v) is 2.23. The van der Waals surface area contributed by atoms with E-state index in [1.54, 1.807) is 18.2 Å². The highest BCUT2D eigenvalue weighted by molar-refractivity contribution is 9.10. The number of hydrogen-bond donors (Lipinski definition) is 2. The number of amides is 1. The van der Waals surface area contributed by atoms with Crippen LogP contribution in [-0.2, 0) is 0 Å². The molecule has 0 aliphatic rings. The molecule has 0 saturated carbocycles. The minimum absolute atomic E-state index is 0.287. The van der Waals surface area contributed by atoms with E-state index in [0.29, 0.717) is 29.3 Å². The van der Waals surface area contributed by atoms with Crippen molar-refractivity contribution in [2.75, 3.05) is 17.7 Å². The van der Waals surface area contributed by atoms with Gasteiger partial charge in [0.15, 0.2) is 0 Å². The van der Waals surface area contributed by atoms with Crippen molar-refractivity contribution in [3.8, 4) is 5.75 Å². The lowest BCUT2D eigenvalue weighted by atomic mass is 10.1. The zero-order chi connectivity index (χ0) is 14.5. The van der Waals surface area contributed by atoms with Gasteiger partial charge in [-0.2, -0.15) is 0 Å². The Hall–Kier alpha value is -2.01. The van der Waals surface area contributed by atoms with Gasteiger partial charge in [-0.25, -0.2) is 0 Å². The number of carbonyl (C=O) groups is 1. The first-order valence-corrected chi connectivity index (χ1v) is 6.99. The zero-order valence-corrected chi connectivity index (χ0v) is 12.6. The lowest BCUT2D eigenvalue weighted by Crippen LogP contribution is -2.15. The van der Waals surface area contributed by atoms with E-state index in [0.717, 1.165) is 4.47 Å². The Labute approximate surface area is 126 Å². The molecular weight excluding hydrogens is 320 g/mol. The van der Waals surface area contributed by atoms with Crippen LogP contribution in [0.2, 0.25) is 0 Å². The zero-order valence-electron chi connectivity index (χ0n) is 11.0. The van der Waals surface area contributed by atoms with Crippen molar-refractivity contribution in [3.63, 3.8) is 0 Å². The Morgan fingerprint density at radius 2 is 2.05 bits per heavy atom. The molecule has 0 radical (unpaired) electrons. The summed E-state index contributed by atoms with van der Waals surface area (Å²) in [6.07, 6.45) is 0. The van der Waals surface area contributed by atoms with Gasteiger partial charge in [-0.05, 0) is 37.3 Å². The summed E-state index contributed by atoms with van der Waals surface area (Å²) in [5, 5.41) is 2.81. The van der Waals surface area contributed by atoms with Crippen LogP contribution >= 0.6 is 15.9 Å². The van der Waals surface area contributed by atoms with Gasteiger partial charge in [0, 0.05) is 15.8 Å². The molecule has 1 amide bonds. The van der Waals surface area contributed by atoms with Crippen molar-refractivity contribution in [1.82, 2.24) is 0 Å². The summed E-state index contributed by atoms with van der Waals surface area (Å²) in [5.41, 5.74) is 7.32. The number of halogens is 1. The van der Waals surface area contributed by atoms with Crippen LogP contribution in [0.3, 0.4) is 0 Å². The first-order chi connectivity index (χ1) is 9.61. The number of nitrogens with two attached hydrogens (primary N) is 1. The smallest absolute Gasteiger partial charge is 0.261 e. The highest BCUT2D eigenvalue weighted by Gasteiger charge is 2.16. The fraction of sp³-hybridized carbons (Fsp3) is 0.133. The largest absolute Gasteiger partial charge is 0.493 e. The standard InChI is InChI=1S/C15H15BrN2O2/c1-2-20-13-8-4-7-12(17)14(13)15(19)18-11-6-3-5-10(16)9-11/h3-9H,2,17H2,1H3,(H,18,19). The number of nitrogens with one attached hydrogen (secondary N) is 1. The molecule has 5 heteroatoms. The lowest BCUT2D eigenvalue weighted by Gasteiger charge is -2.12. The topological polar surface area (TPSA) is 64.3 Å². The highest BCUT2D eigenvalue weighted by atomic mass is 79.9. The number of nitrogen functional groups attached to an aromatic ring is 1. The third-order valence-corrected chi connectivity index (χ3v) is 3.16. The number of anilines is 2. The molecule has 20 heavy (non-hydrogen) atoms. The molecule has 0 heterocycles. The van der Waals surface area contributed by atoms with Gasteiger partial charge in [-0.15, -0.1) is 0 Å². The van der Waals surface area contributed by atoms with E-state index in [1.165, 1.54) is 0 Å². The Kier molecular flexibility index (Phi) is 4.63. The normalized spacial score (nSPS) is 10.1. The van der Waals surface area contributed by atoms with E-state index < -0.39 is 0 Å². The summed E-state index contributed by atoms with van der Waals surface area (Å²) < 4.78 is 6.34. The van der Waals surface area contributed by atoms with E-state index >= 15 is 0 Å². The molecule has 0 fully saturated rings. The van der Waals surface area contributed by atoms with E-state index in [4.69, 9.17) is 10.5 Å². The number of ether oxygens (including phenoxy) is 1. The average molecular weight is 335 g/mol. The summed E-state index contributed by atoms with van der Waals surface area (Å²) in [5.74, 6) is 0.199. The maximum absolute atomic E-state index is 12.4. The average Bonchev–Trinajstić information content (AvgIpc) is 2.39. The molecule has 4 nitrogen and oxygen atoms in total. The minimum Gasteiger partial charge on any atom is -0.493 e. The number of rotatable bonds is 4. The molecule has 2 rings (SSSR count). The second-order valence-electron chi connectivity index (χ2n) is 4.12. The summed E-state index contributed by atoms with van der Waals surface area (Å²) >= 11 is 3.36. The summed E-state index contributed by atoms with van der Waals surface area (Å²) in [4.78, 5) is 12.4. The maximum Gasteiger partial charge on any atom is 0.261 e. The Bertz CT molecular complexity index is 629. The number of carbonyl (C=O) groups excluding carboxylic acids is 1. The van der Waals surface area contributed by atoms with Crippen molar-refractivity contribution in [3.05, 3.63) is 52.5 Å². The van der Waals surface area contributed by atoms with Gasteiger partial charge in [-0.1, -0.05) is 28.1 Å². The maximum atomic E-state index is 12.4. The summed E-state index contributed by atoms with van der Waals surface area (Å²) in [7, 11) is 0. The summed E-state index contributed by atoms with van der Waals surface area (Å²) in [6.45, 7) is 2.33. The molecule has 0 atom stereocenters. The number of hydrogen-bond acceptors (Lipinski definition) is 3. The molecule has 2 aromatic carbocycles. The molecule has 0 bridgehead atoms. The highest BCUT2D eigenvalue weighted by Crippen LogP contribution is 2.26. The molecular formula is C15H15BrN2O2. The molecule has 0 aromatic heterocycles. The monoisotopic (exact) mass is 334 g/mol. The number of benzene rings is 2. The predicted octanol–water partition coefficient (Wildman–Crippen LogP) is 3.68. The minimum atomic E-state index is -0.287. The molecule has 0 unspecified atom stereocenters. The third kappa shape index (κ3) is 3.30. The van der Waals surface area contributed by atoms with Crippen molar-refractivity contribution in [1.29, 1.82) is 0 Å². The van der Waals surface area contributed by atoms with E-state index in [-0.39, 0.29) is 5.91 Å². The van der Waals surface area contributed by atoms with Crippen LogP contribution in [0, 0.1) is 0 Å². The van der Waals surface area contributed by atoms with Crippen LogP contribution in [0.1, 0.15) is 17.3 Å². The van der Waals surface area contributed by atoms with Crippen LogP contribution in [0.15, 0.2) is 46.9 Å². The third-order valence-electron chi connectivity index (χ3n) is 2.67. The molecule has 104 valence electrons. The van der Waals surface area contributed by atoms with Crippen molar-refractivity contribution in [2.24, 2.45) is 0 Å². The van der Waals surface area contributed by atoms with Crippen molar-refractivity contribution in [2.45, 2.75) is 6.92 Å². The molecule has 0 spiro atoms. The van der Waals surface area contributed by atoms with Crippen molar-refractivity contribution < 1.29 is 9.53 Å². The van der Waals surface area contributed by atoms with Crippen LogP contribution in [-0.4, -0.2) is 12.5 Å². The Morgan fingerprint density at radius 3 is 2.75 bits per heavy atom. The second-order valence-corrected chi connectivity index (χ2v) is 5.03. The SMILES string of the molecule is CCOc1cccc(N)c1C(=O)Nc1cccc(Br)c1. The van der Waals surface area contributed by atoms with E-state index in [1.807, 2.05) is 31.2 Å². The molecule has 0 aliphatic carbocycles. The first kappa shape index (κ1) is 14.4. The van der Waals surface area contributed by atoms with E-state index in [9.17, 15) is 4.79 Å². The summed E-state index contributed by atoms with van der Waals surface area (Å²) in [6, 6.07) is 12.5. The van der Waals surface area contributed by atoms with Gasteiger partial charge in [0.05, 0.1) is 6.61 Å². The molecule has 3 N–H and O–H groups in total. The van der Waals surface area contributed by atoms with E-state index in [2.05, 4.69) is 21.2 Å². The Balaban J connectivity index is 2.29. The molecule has 2 aromatic rings. The first-order valence-electron chi connectivity index (χ1n) is 6.20. The fourth-order valence-electron chi connectivity index (χ4n) is 1.83. The van der Waals surface area contributed by atoms with Crippen molar-refractivity contribution >= 4 is 33.2 Å². The van der Waals surface area contributed by atoms with Gasteiger partial charge >= 0.3 is 0 Å². The van der Waals surface area contributed by atoms with Crippen LogP contribution in [0.25, 0.3) is 0 Å². The van der Waals surface area contributed by atoms with Gasteiger partial charge in [0.1, 0.15) is 11.3 Å². The quantitative estimate of drug-likeness (QED) is 0.838. The molecule has 0 saturated heterocycles. The Morgan fingerprint density at radius 1 is 1.30 bits per heavy atom. The predicted molar refractivity (Wildman–Crippen MR) is 84.1 cm³/mol. The van der Waals surface area contributed by atoms with Gasteiger partial charge < -0.3 is 15.8 Å². The second kappa shape index (κ2) is 6.43. The van der Waals surface area contributed by atoms with Crippen LogP contribution in [0.5, 0.6) is 5.75 Å². The van der Waals surface area contributed by atoms with Gasteiger partial charge in [0.2, 0.25) is 0 Å². The van der Waals surface area contributed by atoms with Gasteiger partial charge in [-0.3, -0.25) is 4.79 Å². The molecule has 0 aliphatic heterocycles. The van der Waals surface area contributed by atoms with Crippen LogP contribution < -0.4 is 15.8 Å². The van der Waals surface area contributed by atoms with Crippen LogP contribution in [0.4, 0.5) is 11.4 Å².